The first-order valence-corrected chi connectivity index (χ1v) is 5.39. The van der Waals surface area contributed by atoms with Gasteiger partial charge in [-0.15, -0.1) is 0 Å². The molecule has 0 saturated heterocycles. The Bertz CT molecular complexity index is 363. The molecule has 0 spiro atoms. The molecule has 1 aromatic heterocycles. The van der Waals surface area contributed by atoms with E-state index in [0.717, 1.165) is 11.5 Å². The van der Waals surface area contributed by atoms with E-state index >= 15 is 0 Å². The standard InChI is InChI=1S/C12H20N2O2/c1-8-5-6-9(16-8)7-14-11(15)10(13)12(2,3)4/h5-6,10H,7,13H2,1-4H3,(H,14,15)/t10-/m0/s1. The Balaban J connectivity index is 2.47. The van der Waals surface area contributed by atoms with Crippen LogP contribution in [-0.4, -0.2) is 11.9 Å². The number of hydrogen-bond donors (Lipinski definition) is 2. The topological polar surface area (TPSA) is 68.3 Å². The quantitative estimate of drug-likeness (QED) is 0.819. The molecule has 0 aliphatic heterocycles. The first-order valence-electron chi connectivity index (χ1n) is 5.39. The van der Waals surface area contributed by atoms with E-state index in [9.17, 15) is 4.79 Å². The highest BCUT2D eigenvalue weighted by atomic mass is 16.3. The molecule has 4 heteroatoms. The third-order valence-corrected chi connectivity index (χ3v) is 2.45. The molecule has 1 aromatic rings. The van der Waals surface area contributed by atoms with Crippen molar-refractivity contribution in [1.82, 2.24) is 5.32 Å². The lowest BCUT2D eigenvalue weighted by Crippen LogP contribution is -2.48. The van der Waals surface area contributed by atoms with E-state index in [2.05, 4.69) is 5.32 Å². The molecular weight excluding hydrogens is 204 g/mol. The lowest BCUT2D eigenvalue weighted by atomic mass is 9.87. The van der Waals surface area contributed by atoms with Crippen LogP contribution in [-0.2, 0) is 11.3 Å². The Morgan fingerprint density at radius 2 is 2.12 bits per heavy atom. The molecule has 1 heterocycles. The summed E-state index contributed by atoms with van der Waals surface area (Å²) < 4.78 is 5.34. The number of rotatable bonds is 3. The predicted molar refractivity (Wildman–Crippen MR) is 62.7 cm³/mol. The highest BCUT2D eigenvalue weighted by molar-refractivity contribution is 5.82. The summed E-state index contributed by atoms with van der Waals surface area (Å²) in [7, 11) is 0. The molecular formula is C12H20N2O2. The molecule has 3 N–H and O–H groups in total. The fraction of sp³-hybridized carbons (Fsp3) is 0.583. The van der Waals surface area contributed by atoms with Crippen LogP contribution in [0.15, 0.2) is 16.5 Å². The molecule has 0 aromatic carbocycles. The maximum atomic E-state index is 11.7. The molecule has 4 nitrogen and oxygen atoms in total. The number of amides is 1. The summed E-state index contributed by atoms with van der Waals surface area (Å²) in [5.41, 5.74) is 5.59. The van der Waals surface area contributed by atoms with E-state index in [1.807, 2.05) is 39.8 Å². The van der Waals surface area contributed by atoms with Crippen molar-refractivity contribution in [2.45, 2.75) is 40.3 Å². The maximum Gasteiger partial charge on any atom is 0.237 e. The number of furan rings is 1. The molecule has 16 heavy (non-hydrogen) atoms. The zero-order valence-electron chi connectivity index (χ0n) is 10.3. The van der Waals surface area contributed by atoms with Gasteiger partial charge in [0, 0.05) is 0 Å². The highest BCUT2D eigenvalue weighted by Gasteiger charge is 2.27. The van der Waals surface area contributed by atoms with Gasteiger partial charge in [0.1, 0.15) is 11.5 Å². The van der Waals surface area contributed by atoms with Gasteiger partial charge in [0.2, 0.25) is 5.91 Å². The summed E-state index contributed by atoms with van der Waals surface area (Å²) in [5.74, 6) is 1.43. The van der Waals surface area contributed by atoms with Crippen molar-refractivity contribution in [2.24, 2.45) is 11.1 Å². The lowest BCUT2D eigenvalue weighted by Gasteiger charge is -2.25. The van der Waals surface area contributed by atoms with Crippen molar-refractivity contribution in [3.05, 3.63) is 23.7 Å². The van der Waals surface area contributed by atoms with Crippen molar-refractivity contribution < 1.29 is 9.21 Å². The van der Waals surface area contributed by atoms with Crippen LogP contribution in [0.2, 0.25) is 0 Å². The van der Waals surface area contributed by atoms with E-state index in [0.29, 0.717) is 6.54 Å². The molecule has 0 bridgehead atoms. The Morgan fingerprint density at radius 3 is 2.56 bits per heavy atom. The van der Waals surface area contributed by atoms with Gasteiger partial charge in [-0.2, -0.15) is 0 Å². The van der Waals surface area contributed by atoms with Crippen LogP contribution >= 0.6 is 0 Å². The Morgan fingerprint density at radius 1 is 1.50 bits per heavy atom. The maximum absolute atomic E-state index is 11.7. The molecule has 0 unspecified atom stereocenters. The van der Waals surface area contributed by atoms with Gasteiger partial charge in [-0.05, 0) is 24.5 Å². The van der Waals surface area contributed by atoms with Gasteiger partial charge in [0.05, 0.1) is 12.6 Å². The Labute approximate surface area is 96.2 Å². The molecule has 0 radical (unpaired) electrons. The second kappa shape index (κ2) is 4.70. The third-order valence-electron chi connectivity index (χ3n) is 2.45. The number of carbonyl (C=O) groups excluding carboxylic acids is 1. The van der Waals surface area contributed by atoms with E-state index in [4.69, 9.17) is 10.2 Å². The smallest absolute Gasteiger partial charge is 0.237 e. The van der Waals surface area contributed by atoms with E-state index < -0.39 is 6.04 Å². The predicted octanol–water partition coefficient (Wildman–Crippen LogP) is 1.58. The van der Waals surface area contributed by atoms with Gasteiger partial charge in [-0.1, -0.05) is 20.8 Å². The first kappa shape index (κ1) is 12.8. The minimum Gasteiger partial charge on any atom is -0.465 e. The van der Waals surface area contributed by atoms with Crippen LogP contribution in [0.5, 0.6) is 0 Å². The number of nitrogens with one attached hydrogen (secondary N) is 1. The number of nitrogens with two attached hydrogens (primary N) is 1. The fourth-order valence-electron chi connectivity index (χ4n) is 1.26. The molecule has 0 aliphatic rings. The van der Waals surface area contributed by atoms with Crippen LogP contribution in [0.4, 0.5) is 0 Å². The zero-order valence-corrected chi connectivity index (χ0v) is 10.3. The fourth-order valence-corrected chi connectivity index (χ4v) is 1.26. The van der Waals surface area contributed by atoms with Crippen LogP contribution in [0, 0.1) is 12.3 Å². The molecule has 0 fully saturated rings. The molecule has 1 amide bonds. The normalized spacial score (nSPS) is 13.6. The summed E-state index contributed by atoms with van der Waals surface area (Å²) in [5, 5.41) is 2.76. The van der Waals surface area contributed by atoms with Crippen LogP contribution in [0.3, 0.4) is 0 Å². The van der Waals surface area contributed by atoms with Crippen molar-refractivity contribution in [3.8, 4) is 0 Å². The van der Waals surface area contributed by atoms with Crippen molar-refractivity contribution in [2.75, 3.05) is 0 Å². The summed E-state index contributed by atoms with van der Waals surface area (Å²) in [4.78, 5) is 11.7. The SMILES string of the molecule is Cc1ccc(CNC(=O)[C@H](N)C(C)(C)C)o1. The summed E-state index contributed by atoms with van der Waals surface area (Å²) >= 11 is 0. The Hall–Kier alpha value is -1.29. The molecule has 1 atom stereocenters. The lowest BCUT2D eigenvalue weighted by molar-refractivity contribution is -0.124. The highest BCUT2D eigenvalue weighted by Crippen LogP contribution is 2.17. The minimum absolute atomic E-state index is 0.151. The number of carbonyl (C=O) groups is 1. The minimum atomic E-state index is -0.511. The van der Waals surface area contributed by atoms with E-state index in [1.165, 1.54) is 0 Å². The van der Waals surface area contributed by atoms with Gasteiger partial charge >= 0.3 is 0 Å². The molecule has 0 saturated carbocycles. The third kappa shape index (κ3) is 3.38. The number of aryl methyl sites for hydroxylation is 1. The summed E-state index contributed by atoms with van der Waals surface area (Å²) in [6, 6.07) is 3.20. The van der Waals surface area contributed by atoms with Crippen molar-refractivity contribution >= 4 is 5.91 Å². The van der Waals surface area contributed by atoms with E-state index in [1.54, 1.807) is 0 Å². The molecule has 90 valence electrons. The van der Waals surface area contributed by atoms with Gasteiger partial charge in [0.25, 0.3) is 0 Å². The van der Waals surface area contributed by atoms with Crippen molar-refractivity contribution in [1.29, 1.82) is 0 Å². The molecule has 1 rings (SSSR count). The van der Waals surface area contributed by atoms with Crippen LogP contribution < -0.4 is 11.1 Å². The van der Waals surface area contributed by atoms with Crippen LogP contribution in [0.25, 0.3) is 0 Å². The molecule has 0 aliphatic carbocycles. The zero-order chi connectivity index (χ0) is 12.3. The average molecular weight is 224 g/mol. The number of hydrogen-bond acceptors (Lipinski definition) is 3. The summed E-state index contributed by atoms with van der Waals surface area (Å²) in [6.45, 7) is 8.07. The Kier molecular flexibility index (Phi) is 3.75. The first-order chi connectivity index (χ1) is 7.30. The average Bonchev–Trinajstić information content (AvgIpc) is 2.58. The summed E-state index contributed by atoms with van der Waals surface area (Å²) in [6.07, 6.45) is 0. The van der Waals surface area contributed by atoms with Gasteiger partial charge in [-0.3, -0.25) is 4.79 Å². The van der Waals surface area contributed by atoms with Gasteiger partial charge < -0.3 is 15.5 Å². The van der Waals surface area contributed by atoms with Gasteiger partial charge in [-0.25, -0.2) is 0 Å². The second-order valence-electron chi connectivity index (χ2n) is 5.07. The van der Waals surface area contributed by atoms with Gasteiger partial charge in [0.15, 0.2) is 0 Å². The second-order valence-corrected chi connectivity index (χ2v) is 5.07. The van der Waals surface area contributed by atoms with Crippen molar-refractivity contribution in [3.63, 3.8) is 0 Å². The van der Waals surface area contributed by atoms with Crippen LogP contribution in [0.1, 0.15) is 32.3 Å². The largest absolute Gasteiger partial charge is 0.465 e. The monoisotopic (exact) mass is 224 g/mol. The van der Waals surface area contributed by atoms with E-state index in [-0.39, 0.29) is 11.3 Å².